The molecule has 0 bridgehead atoms. The number of nitrogens with one attached hydrogen (secondary N) is 1. The Morgan fingerprint density at radius 3 is 2.30 bits per heavy atom. The fraction of sp³-hybridized carbons (Fsp3) is 0.200. The molecule has 0 unspecified atom stereocenters. The van der Waals surface area contributed by atoms with Crippen molar-refractivity contribution in [2.24, 2.45) is 0 Å². The number of hydrogen-bond acceptors (Lipinski definition) is 2. The second-order valence-corrected chi connectivity index (χ2v) is 7.37. The Balaban J connectivity index is 2.17. The van der Waals surface area contributed by atoms with Crippen LogP contribution in [0.25, 0.3) is 0 Å². The van der Waals surface area contributed by atoms with Crippen LogP contribution in [0.1, 0.15) is 16.7 Å². The summed E-state index contributed by atoms with van der Waals surface area (Å²) in [6.45, 7) is 4.03. The van der Waals surface area contributed by atoms with E-state index in [0.29, 0.717) is 4.90 Å². The van der Waals surface area contributed by atoms with Gasteiger partial charge in [-0.05, 0) is 43.2 Å². The van der Waals surface area contributed by atoms with E-state index in [9.17, 15) is 8.42 Å². The van der Waals surface area contributed by atoms with Gasteiger partial charge in [0.25, 0.3) is 0 Å². The smallest absolute Gasteiger partial charge is 0.207 e. The van der Waals surface area contributed by atoms with Crippen LogP contribution in [0, 0.1) is 13.8 Å². The Morgan fingerprint density at radius 2 is 1.70 bits per heavy atom. The molecule has 1 N–H and O–H groups in total. The molecule has 2 rings (SSSR count). The number of aryl methyl sites for hydroxylation is 2. The molecule has 0 saturated heterocycles. The summed E-state index contributed by atoms with van der Waals surface area (Å²) in [5.74, 6) is 0. The van der Waals surface area contributed by atoms with Crippen molar-refractivity contribution in [2.45, 2.75) is 25.3 Å². The van der Waals surface area contributed by atoms with E-state index in [1.807, 2.05) is 37.3 Å². The Kier molecular flexibility index (Phi) is 4.62. The highest BCUT2D eigenvalue weighted by atomic mass is 79.9. The van der Waals surface area contributed by atoms with Gasteiger partial charge in [-0.3, -0.25) is 0 Å². The van der Waals surface area contributed by atoms with Gasteiger partial charge in [0.2, 0.25) is 10.0 Å². The minimum absolute atomic E-state index is 0.281. The van der Waals surface area contributed by atoms with Gasteiger partial charge in [0.15, 0.2) is 0 Å². The third-order valence-electron chi connectivity index (χ3n) is 3.00. The van der Waals surface area contributed by atoms with Gasteiger partial charge in [0.05, 0.1) is 4.90 Å². The summed E-state index contributed by atoms with van der Waals surface area (Å²) >= 11 is 3.35. The molecule has 106 valence electrons. The first kappa shape index (κ1) is 15.2. The quantitative estimate of drug-likeness (QED) is 0.913. The van der Waals surface area contributed by atoms with Crippen molar-refractivity contribution in [3.63, 3.8) is 0 Å². The molecule has 0 aliphatic heterocycles. The van der Waals surface area contributed by atoms with Crippen LogP contribution in [-0.4, -0.2) is 8.42 Å². The fourth-order valence-electron chi connectivity index (χ4n) is 1.96. The van der Waals surface area contributed by atoms with Crippen LogP contribution in [0.2, 0.25) is 0 Å². The van der Waals surface area contributed by atoms with Crippen LogP contribution in [0.3, 0.4) is 0 Å². The predicted octanol–water partition coefficient (Wildman–Crippen LogP) is 3.54. The molecule has 3 nitrogen and oxygen atoms in total. The lowest BCUT2D eigenvalue weighted by molar-refractivity contribution is 0.580. The van der Waals surface area contributed by atoms with Crippen LogP contribution < -0.4 is 4.72 Å². The molecule has 0 aromatic heterocycles. The van der Waals surface area contributed by atoms with Crippen LogP contribution >= 0.6 is 15.9 Å². The van der Waals surface area contributed by atoms with E-state index in [2.05, 4.69) is 20.7 Å². The van der Waals surface area contributed by atoms with Crippen molar-refractivity contribution in [2.75, 3.05) is 0 Å². The molecule has 0 radical (unpaired) electrons. The number of sulfonamides is 1. The monoisotopic (exact) mass is 353 g/mol. The first-order valence-corrected chi connectivity index (χ1v) is 8.47. The van der Waals surface area contributed by atoms with E-state index in [-0.39, 0.29) is 6.54 Å². The predicted molar refractivity (Wildman–Crippen MR) is 84.1 cm³/mol. The molecular formula is C15H16BrNO2S. The highest BCUT2D eigenvalue weighted by Gasteiger charge is 2.16. The molecule has 0 amide bonds. The maximum atomic E-state index is 12.3. The van der Waals surface area contributed by atoms with Crippen molar-refractivity contribution in [3.8, 4) is 0 Å². The standard InChI is InChI=1S/C15H16BrNO2S/c1-11-3-8-15(12(2)9-11)20(18,19)17-10-13-4-6-14(16)7-5-13/h3-9,17H,10H2,1-2H3. The average Bonchev–Trinajstić information content (AvgIpc) is 2.37. The average molecular weight is 354 g/mol. The van der Waals surface area contributed by atoms with Gasteiger partial charge in [-0.15, -0.1) is 0 Å². The van der Waals surface area contributed by atoms with Gasteiger partial charge in [-0.1, -0.05) is 45.8 Å². The second kappa shape index (κ2) is 6.08. The van der Waals surface area contributed by atoms with E-state index in [0.717, 1.165) is 21.2 Å². The van der Waals surface area contributed by atoms with Gasteiger partial charge in [0, 0.05) is 11.0 Å². The zero-order chi connectivity index (χ0) is 14.8. The summed E-state index contributed by atoms with van der Waals surface area (Å²) in [6, 6.07) is 12.9. The molecule has 0 spiro atoms. The van der Waals surface area contributed by atoms with Crippen LogP contribution in [0.15, 0.2) is 51.8 Å². The summed E-state index contributed by atoms with van der Waals surface area (Å²) in [6.07, 6.45) is 0. The molecular weight excluding hydrogens is 338 g/mol. The molecule has 0 atom stereocenters. The third-order valence-corrected chi connectivity index (χ3v) is 5.09. The van der Waals surface area contributed by atoms with Crippen molar-refractivity contribution in [1.29, 1.82) is 0 Å². The topological polar surface area (TPSA) is 46.2 Å². The minimum atomic E-state index is -3.48. The van der Waals surface area contributed by atoms with Crippen molar-refractivity contribution >= 4 is 26.0 Å². The van der Waals surface area contributed by atoms with E-state index >= 15 is 0 Å². The first-order valence-electron chi connectivity index (χ1n) is 6.20. The van der Waals surface area contributed by atoms with Crippen LogP contribution in [-0.2, 0) is 16.6 Å². The SMILES string of the molecule is Cc1ccc(S(=O)(=O)NCc2ccc(Br)cc2)c(C)c1. The van der Waals surface area contributed by atoms with Gasteiger partial charge in [-0.25, -0.2) is 13.1 Å². The van der Waals surface area contributed by atoms with Crippen molar-refractivity contribution in [1.82, 2.24) is 4.72 Å². The van der Waals surface area contributed by atoms with E-state index in [1.165, 1.54) is 0 Å². The molecule has 0 aliphatic rings. The maximum Gasteiger partial charge on any atom is 0.241 e. The molecule has 0 fully saturated rings. The normalized spacial score (nSPS) is 11.6. The zero-order valence-electron chi connectivity index (χ0n) is 11.4. The zero-order valence-corrected chi connectivity index (χ0v) is 13.8. The van der Waals surface area contributed by atoms with Crippen LogP contribution in [0.4, 0.5) is 0 Å². The number of benzene rings is 2. The van der Waals surface area contributed by atoms with Crippen LogP contribution in [0.5, 0.6) is 0 Å². The summed E-state index contributed by atoms with van der Waals surface area (Å²) in [7, 11) is -3.48. The Bertz CT molecular complexity index is 709. The summed E-state index contributed by atoms with van der Waals surface area (Å²) in [4.78, 5) is 0.334. The maximum absolute atomic E-state index is 12.3. The lowest BCUT2D eigenvalue weighted by Gasteiger charge is -2.10. The molecule has 2 aromatic rings. The largest absolute Gasteiger partial charge is 0.241 e. The summed E-state index contributed by atoms with van der Waals surface area (Å²) in [5.41, 5.74) is 2.73. The fourth-order valence-corrected chi connectivity index (χ4v) is 3.47. The van der Waals surface area contributed by atoms with Gasteiger partial charge in [0.1, 0.15) is 0 Å². The Morgan fingerprint density at radius 1 is 1.05 bits per heavy atom. The van der Waals surface area contributed by atoms with Gasteiger partial charge in [-0.2, -0.15) is 0 Å². The third kappa shape index (κ3) is 3.69. The molecule has 0 heterocycles. The number of hydrogen-bond donors (Lipinski definition) is 1. The highest BCUT2D eigenvalue weighted by molar-refractivity contribution is 9.10. The molecule has 0 aliphatic carbocycles. The first-order chi connectivity index (χ1) is 9.38. The molecule has 20 heavy (non-hydrogen) atoms. The van der Waals surface area contributed by atoms with Crippen molar-refractivity contribution in [3.05, 3.63) is 63.6 Å². The van der Waals surface area contributed by atoms with E-state index in [4.69, 9.17) is 0 Å². The lowest BCUT2D eigenvalue weighted by Crippen LogP contribution is -2.24. The molecule has 5 heteroatoms. The summed E-state index contributed by atoms with van der Waals surface area (Å²) in [5, 5.41) is 0. The molecule has 0 saturated carbocycles. The number of halogens is 1. The minimum Gasteiger partial charge on any atom is -0.207 e. The van der Waals surface area contributed by atoms with Crippen molar-refractivity contribution < 1.29 is 8.42 Å². The molecule has 2 aromatic carbocycles. The van der Waals surface area contributed by atoms with E-state index in [1.54, 1.807) is 19.1 Å². The Labute approximate surface area is 128 Å². The highest BCUT2D eigenvalue weighted by Crippen LogP contribution is 2.17. The second-order valence-electron chi connectivity index (χ2n) is 4.72. The van der Waals surface area contributed by atoms with E-state index < -0.39 is 10.0 Å². The Hall–Kier alpha value is -1.17. The summed E-state index contributed by atoms with van der Waals surface area (Å²) < 4.78 is 28.2. The van der Waals surface area contributed by atoms with Gasteiger partial charge < -0.3 is 0 Å². The number of rotatable bonds is 4. The lowest BCUT2D eigenvalue weighted by atomic mass is 10.2. The van der Waals surface area contributed by atoms with Gasteiger partial charge >= 0.3 is 0 Å².